The van der Waals surface area contributed by atoms with Gasteiger partial charge in [0.15, 0.2) is 0 Å². The van der Waals surface area contributed by atoms with Crippen molar-refractivity contribution in [2.75, 3.05) is 6.54 Å². The predicted molar refractivity (Wildman–Crippen MR) is 67.4 cm³/mol. The summed E-state index contributed by atoms with van der Waals surface area (Å²) in [6.07, 6.45) is 9.70. The number of hydrogen-bond donors (Lipinski definition) is 2. The molecule has 3 rings (SSSR count). The Morgan fingerprint density at radius 1 is 1.35 bits per heavy atom. The van der Waals surface area contributed by atoms with E-state index in [1.54, 1.807) is 0 Å². The Morgan fingerprint density at radius 3 is 2.65 bits per heavy atom. The first-order valence-corrected chi connectivity index (χ1v) is 6.81. The molecule has 0 unspecified atom stereocenters. The van der Waals surface area contributed by atoms with E-state index in [0.717, 1.165) is 36.7 Å². The summed E-state index contributed by atoms with van der Waals surface area (Å²) >= 11 is 0. The Labute approximate surface area is 103 Å². The fourth-order valence-electron chi connectivity index (χ4n) is 2.62. The third-order valence-electron chi connectivity index (χ3n) is 3.85. The first kappa shape index (κ1) is 11.2. The van der Waals surface area contributed by atoms with Gasteiger partial charge >= 0.3 is 0 Å². The van der Waals surface area contributed by atoms with Crippen LogP contribution in [0.4, 0.5) is 0 Å². The van der Waals surface area contributed by atoms with E-state index in [-0.39, 0.29) is 0 Å². The van der Waals surface area contributed by atoms with Gasteiger partial charge < -0.3 is 15.6 Å². The number of rotatable bonds is 7. The minimum absolute atomic E-state index is 0.677. The molecule has 0 amide bonds. The van der Waals surface area contributed by atoms with E-state index in [1.165, 1.54) is 25.7 Å². The highest BCUT2D eigenvalue weighted by atomic mass is 15.1. The Hall–Kier alpha value is -0.870. The summed E-state index contributed by atoms with van der Waals surface area (Å²) in [5.74, 6) is 1.90. The van der Waals surface area contributed by atoms with Gasteiger partial charge in [-0.2, -0.15) is 0 Å². The lowest BCUT2D eigenvalue weighted by Crippen LogP contribution is -2.32. The van der Waals surface area contributed by atoms with Gasteiger partial charge in [-0.05, 0) is 37.5 Å². The molecule has 0 spiro atoms. The number of imidazole rings is 1. The normalized spacial score (nSPS) is 20.1. The predicted octanol–water partition coefficient (Wildman–Crippen LogP) is 1.12. The highest BCUT2D eigenvalue weighted by molar-refractivity contribution is 5.01. The fourth-order valence-corrected chi connectivity index (χ4v) is 2.62. The van der Waals surface area contributed by atoms with Crippen molar-refractivity contribution in [3.63, 3.8) is 0 Å². The molecule has 2 aliphatic rings. The van der Waals surface area contributed by atoms with Crippen molar-refractivity contribution in [1.29, 1.82) is 0 Å². The van der Waals surface area contributed by atoms with Crippen LogP contribution >= 0.6 is 0 Å². The van der Waals surface area contributed by atoms with Crippen LogP contribution in [-0.4, -0.2) is 22.1 Å². The number of nitrogens with zero attached hydrogens (tertiary/aromatic N) is 2. The molecule has 0 aliphatic heterocycles. The molecule has 0 saturated heterocycles. The average molecular weight is 234 g/mol. The van der Waals surface area contributed by atoms with Crippen molar-refractivity contribution in [2.45, 2.75) is 44.8 Å². The van der Waals surface area contributed by atoms with Crippen LogP contribution in [0.15, 0.2) is 12.5 Å². The van der Waals surface area contributed by atoms with Gasteiger partial charge in [0.25, 0.3) is 0 Å². The third-order valence-corrected chi connectivity index (χ3v) is 3.85. The van der Waals surface area contributed by atoms with Crippen LogP contribution in [-0.2, 0) is 13.1 Å². The summed E-state index contributed by atoms with van der Waals surface area (Å²) in [6.45, 7) is 2.45. The van der Waals surface area contributed by atoms with Crippen LogP contribution < -0.4 is 11.1 Å². The molecule has 0 aromatic carbocycles. The summed E-state index contributed by atoms with van der Waals surface area (Å²) in [5.41, 5.74) is 6.67. The monoisotopic (exact) mass is 234 g/mol. The molecule has 0 bridgehead atoms. The van der Waals surface area contributed by atoms with Gasteiger partial charge in [-0.3, -0.25) is 0 Å². The summed E-state index contributed by atoms with van der Waals surface area (Å²) in [5, 5.41) is 3.71. The highest BCUT2D eigenvalue weighted by Crippen LogP contribution is 2.44. The SMILES string of the molecule is NCCn1cnc(CNC(C2CC2)C2CC2)c1. The van der Waals surface area contributed by atoms with Crippen LogP contribution in [0.25, 0.3) is 0 Å². The molecule has 0 radical (unpaired) electrons. The number of aromatic nitrogens is 2. The van der Waals surface area contributed by atoms with Crippen LogP contribution in [0, 0.1) is 11.8 Å². The second-order valence-corrected chi connectivity index (χ2v) is 5.47. The van der Waals surface area contributed by atoms with Crippen molar-refractivity contribution < 1.29 is 0 Å². The molecule has 2 saturated carbocycles. The molecule has 17 heavy (non-hydrogen) atoms. The molecule has 2 aliphatic carbocycles. The summed E-state index contributed by atoms with van der Waals surface area (Å²) < 4.78 is 2.07. The lowest BCUT2D eigenvalue weighted by molar-refractivity contribution is 0.413. The highest BCUT2D eigenvalue weighted by Gasteiger charge is 2.40. The van der Waals surface area contributed by atoms with E-state index >= 15 is 0 Å². The van der Waals surface area contributed by atoms with E-state index in [2.05, 4.69) is 21.1 Å². The van der Waals surface area contributed by atoms with Gasteiger partial charge in [-0.15, -0.1) is 0 Å². The van der Waals surface area contributed by atoms with Crippen molar-refractivity contribution in [1.82, 2.24) is 14.9 Å². The number of hydrogen-bond acceptors (Lipinski definition) is 3. The molecule has 1 aromatic heterocycles. The van der Waals surface area contributed by atoms with Crippen LogP contribution in [0.5, 0.6) is 0 Å². The zero-order chi connectivity index (χ0) is 11.7. The minimum Gasteiger partial charge on any atom is -0.336 e. The molecule has 4 heteroatoms. The van der Waals surface area contributed by atoms with Gasteiger partial charge in [-0.25, -0.2) is 4.98 Å². The van der Waals surface area contributed by atoms with Crippen molar-refractivity contribution in [2.24, 2.45) is 17.6 Å². The lowest BCUT2D eigenvalue weighted by Gasteiger charge is -2.16. The van der Waals surface area contributed by atoms with E-state index in [9.17, 15) is 0 Å². The quantitative estimate of drug-likeness (QED) is 0.743. The number of nitrogens with two attached hydrogens (primary N) is 1. The fraction of sp³-hybridized carbons (Fsp3) is 0.769. The van der Waals surface area contributed by atoms with Crippen molar-refractivity contribution in [3.8, 4) is 0 Å². The summed E-state index contributed by atoms with van der Waals surface area (Å²) in [4.78, 5) is 4.41. The maximum Gasteiger partial charge on any atom is 0.0950 e. The van der Waals surface area contributed by atoms with Crippen LogP contribution in [0.3, 0.4) is 0 Å². The molecule has 4 nitrogen and oxygen atoms in total. The molecule has 94 valence electrons. The second kappa shape index (κ2) is 4.78. The standard InChI is InChI=1S/C13H22N4/c14-5-6-17-8-12(16-9-17)7-15-13(10-1-2-10)11-3-4-11/h8-11,13,15H,1-7,14H2. The topological polar surface area (TPSA) is 55.9 Å². The summed E-state index contributed by atoms with van der Waals surface area (Å²) in [7, 11) is 0. The van der Waals surface area contributed by atoms with Crippen molar-refractivity contribution in [3.05, 3.63) is 18.2 Å². The van der Waals surface area contributed by atoms with Gasteiger partial charge in [0.05, 0.1) is 12.0 Å². The van der Waals surface area contributed by atoms with E-state index < -0.39 is 0 Å². The average Bonchev–Trinajstić information content (AvgIpc) is 3.21. The first-order valence-electron chi connectivity index (χ1n) is 6.81. The molecular formula is C13H22N4. The van der Waals surface area contributed by atoms with Gasteiger partial charge in [0.2, 0.25) is 0 Å². The second-order valence-electron chi connectivity index (χ2n) is 5.47. The number of nitrogens with one attached hydrogen (secondary N) is 1. The Balaban J connectivity index is 1.51. The lowest BCUT2D eigenvalue weighted by atomic mass is 10.1. The van der Waals surface area contributed by atoms with Crippen LogP contribution in [0.2, 0.25) is 0 Å². The maximum absolute atomic E-state index is 5.52. The first-order chi connectivity index (χ1) is 8.36. The molecule has 1 aromatic rings. The molecular weight excluding hydrogens is 212 g/mol. The zero-order valence-corrected chi connectivity index (χ0v) is 10.3. The molecule has 0 atom stereocenters. The van der Waals surface area contributed by atoms with E-state index in [4.69, 9.17) is 5.73 Å². The van der Waals surface area contributed by atoms with Crippen molar-refractivity contribution >= 4 is 0 Å². The van der Waals surface area contributed by atoms with E-state index in [1.807, 2.05) is 6.33 Å². The molecule has 3 N–H and O–H groups in total. The van der Waals surface area contributed by atoms with E-state index in [0.29, 0.717) is 6.54 Å². The third kappa shape index (κ3) is 2.87. The molecule has 2 fully saturated rings. The smallest absolute Gasteiger partial charge is 0.0950 e. The Morgan fingerprint density at radius 2 is 2.06 bits per heavy atom. The summed E-state index contributed by atoms with van der Waals surface area (Å²) in [6, 6.07) is 0.759. The van der Waals surface area contributed by atoms with Gasteiger partial charge in [0.1, 0.15) is 0 Å². The van der Waals surface area contributed by atoms with Gasteiger partial charge in [-0.1, -0.05) is 0 Å². The largest absolute Gasteiger partial charge is 0.336 e. The Kier molecular flexibility index (Phi) is 3.16. The van der Waals surface area contributed by atoms with Crippen LogP contribution in [0.1, 0.15) is 31.4 Å². The molecule has 1 heterocycles. The van der Waals surface area contributed by atoms with Gasteiger partial charge in [0, 0.05) is 31.9 Å². The Bertz CT molecular complexity index is 353. The maximum atomic E-state index is 5.52. The minimum atomic E-state index is 0.677. The zero-order valence-electron chi connectivity index (χ0n) is 10.3.